The fraction of sp³-hybridized carbons (Fsp3) is 0.667. The molecule has 0 radical (unpaired) electrons. The molecule has 0 amide bonds. The zero-order valence-electron chi connectivity index (χ0n) is 17.0. The molecule has 1 aromatic rings. The summed E-state index contributed by atoms with van der Waals surface area (Å²) in [5.74, 6) is 1.93. The monoisotopic (exact) mass is 360 g/mol. The predicted octanol–water partition coefficient (Wildman–Crippen LogP) is 3.11. The van der Waals surface area contributed by atoms with Crippen LogP contribution < -0.4 is 15.4 Å². The molecule has 1 aliphatic rings. The third-order valence-electron chi connectivity index (χ3n) is 4.96. The van der Waals surface area contributed by atoms with Gasteiger partial charge in [0.15, 0.2) is 5.96 Å². The van der Waals surface area contributed by atoms with Gasteiger partial charge in [-0.15, -0.1) is 0 Å². The molecule has 1 fully saturated rings. The van der Waals surface area contributed by atoms with Gasteiger partial charge in [-0.25, -0.2) is 0 Å². The van der Waals surface area contributed by atoms with Gasteiger partial charge in [-0.1, -0.05) is 25.1 Å². The van der Waals surface area contributed by atoms with Crippen LogP contribution in [-0.4, -0.2) is 56.7 Å². The maximum absolute atomic E-state index is 5.96. The fourth-order valence-electron chi connectivity index (χ4n) is 3.49. The number of benzene rings is 1. The number of para-hydroxylation sites is 1. The highest BCUT2D eigenvalue weighted by Gasteiger charge is 2.19. The number of piperidine rings is 1. The van der Waals surface area contributed by atoms with Gasteiger partial charge in [-0.05, 0) is 57.2 Å². The molecule has 0 bridgehead atoms. The number of nitrogens with one attached hydrogen (secondary N) is 2. The van der Waals surface area contributed by atoms with Crippen LogP contribution in [0.25, 0.3) is 0 Å². The minimum atomic E-state index is 0.528. The number of likely N-dealkylation sites (tertiary alicyclic amines) is 1. The Kier molecular flexibility index (Phi) is 8.75. The van der Waals surface area contributed by atoms with Crippen molar-refractivity contribution < 1.29 is 4.74 Å². The lowest BCUT2D eigenvalue weighted by Gasteiger charge is -2.32. The molecule has 0 atom stereocenters. The van der Waals surface area contributed by atoms with Gasteiger partial charge in [0, 0.05) is 32.7 Å². The number of aryl methyl sites for hydroxylation is 2. The van der Waals surface area contributed by atoms with Crippen LogP contribution in [0.2, 0.25) is 0 Å². The molecule has 2 rings (SSSR count). The van der Waals surface area contributed by atoms with Gasteiger partial charge in [0.2, 0.25) is 0 Å². The van der Waals surface area contributed by atoms with Crippen LogP contribution in [0.1, 0.15) is 43.7 Å². The zero-order valence-corrected chi connectivity index (χ0v) is 17.0. The number of nitrogens with zero attached hydrogens (tertiary/aromatic N) is 2. The van der Waals surface area contributed by atoms with Crippen LogP contribution in [0.4, 0.5) is 0 Å². The normalized spacial score (nSPS) is 16.5. The van der Waals surface area contributed by atoms with Crippen LogP contribution >= 0.6 is 0 Å². The van der Waals surface area contributed by atoms with E-state index in [1.165, 1.54) is 50.0 Å². The lowest BCUT2D eigenvalue weighted by Crippen LogP contribution is -2.49. The molecule has 26 heavy (non-hydrogen) atoms. The second-order valence-electron chi connectivity index (χ2n) is 7.18. The molecule has 1 aromatic carbocycles. The third-order valence-corrected chi connectivity index (χ3v) is 4.96. The van der Waals surface area contributed by atoms with Crippen LogP contribution in [0.3, 0.4) is 0 Å². The summed E-state index contributed by atoms with van der Waals surface area (Å²) in [5.41, 5.74) is 2.40. The lowest BCUT2D eigenvalue weighted by molar-refractivity contribution is 0.206. The van der Waals surface area contributed by atoms with E-state index >= 15 is 0 Å². The SMILES string of the molecule is CCCN1CCC(NC(=NC)NCCCOc2c(C)cccc2C)CC1. The minimum Gasteiger partial charge on any atom is -0.493 e. The Balaban J connectivity index is 1.63. The average molecular weight is 361 g/mol. The summed E-state index contributed by atoms with van der Waals surface area (Å²) in [7, 11) is 1.84. The van der Waals surface area contributed by atoms with Crippen molar-refractivity contribution in [2.45, 2.75) is 52.5 Å². The quantitative estimate of drug-likeness (QED) is 0.425. The molecule has 0 spiro atoms. The van der Waals surface area contributed by atoms with Crippen LogP contribution in [0.15, 0.2) is 23.2 Å². The standard InChI is InChI=1S/C21H36N4O/c1-5-13-25-14-10-19(11-15-25)24-21(22-4)23-12-7-16-26-20-17(2)8-6-9-18(20)3/h6,8-9,19H,5,7,10-16H2,1-4H3,(H2,22,23,24). The van der Waals surface area contributed by atoms with E-state index in [1.54, 1.807) is 0 Å². The Morgan fingerprint density at radius 2 is 1.92 bits per heavy atom. The van der Waals surface area contributed by atoms with Crippen molar-refractivity contribution in [3.63, 3.8) is 0 Å². The summed E-state index contributed by atoms with van der Waals surface area (Å²) in [4.78, 5) is 6.92. The number of hydrogen-bond donors (Lipinski definition) is 2. The smallest absolute Gasteiger partial charge is 0.191 e. The molecule has 0 aromatic heterocycles. The first kappa shape index (κ1) is 20.6. The number of aliphatic imine (C=N–C) groups is 1. The van der Waals surface area contributed by atoms with E-state index < -0.39 is 0 Å². The van der Waals surface area contributed by atoms with Gasteiger partial charge >= 0.3 is 0 Å². The third kappa shape index (κ3) is 6.52. The molecule has 0 saturated carbocycles. The van der Waals surface area contributed by atoms with Gasteiger partial charge in [0.25, 0.3) is 0 Å². The van der Waals surface area contributed by atoms with Crippen molar-refractivity contribution in [1.82, 2.24) is 15.5 Å². The Hall–Kier alpha value is -1.75. The molecule has 0 unspecified atom stereocenters. The Morgan fingerprint density at radius 1 is 1.23 bits per heavy atom. The van der Waals surface area contributed by atoms with E-state index in [9.17, 15) is 0 Å². The molecule has 0 aliphatic carbocycles. The molecule has 1 aliphatic heterocycles. The summed E-state index contributed by atoms with van der Waals surface area (Å²) in [6.45, 7) is 11.6. The van der Waals surface area contributed by atoms with Crippen molar-refractivity contribution in [1.29, 1.82) is 0 Å². The summed E-state index contributed by atoms with van der Waals surface area (Å²) in [6.07, 6.45) is 4.57. The topological polar surface area (TPSA) is 48.9 Å². The number of hydrogen-bond acceptors (Lipinski definition) is 3. The van der Waals surface area contributed by atoms with Crippen molar-refractivity contribution in [2.24, 2.45) is 4.99 Å². The van der Waals surface area contributed by atoms with Gasteiger partial charge < -0.3 is 20.3 Å². The Bertz CT molecular complexity index is 545. The van der Waals surface area contributed by atoms with Gasteiger partial charge in [0.05, 0.1) is 6.61 Å². The molecule has 2 N–H and O–H groups in total. The van der Waals surface area contributed by atoms with Crippen molar-refractivity contribution in [3.05, 3.63) is 29.3 Å². The van der Waals surface area contributed by atoms with E-state index in [-0.39, 0.29) is 0 Å². The van der Waals surface area contributed by atoms with Crippen LogP contribution in [0, 0.1) is 13.8 Å². The largest absolute Gasteiger partial charge is 0.493 e. The molecular weight excluding hydrogens is 324 g/mol. The summed E-state index contributed by atoms with van der Waals surface area (Å²) in [5, 5.41) is 6.98. The number of rotatable bonds is 8. The van der Waals surface area contributed by atoms with E-state index in [2.05, 4.69) is 59.5 Å². The summed E-state index contributed by atoms with van der Waals surface area (Å²) >= 11 is 0. The number of ether oxygens (including phenoxy) is 1. The maximum atomic E-state index is 5.96. The second-order valence-corrected chi connectivity index (χ2v) is 7.18. The van der Waals surface area contributed by atoms with E-state index in [1.807, 2.05) is 7.05 Å². The molecule has 5 heteroatoms. The minimum absolute atomic E-state index is 0.528. The van der Waals surface area contributed by atoms with Gasteiger partial charge in [-0.2, -0.15) is 0 Å². The Morgan fingerprint density at radius 3 is 2.54 bits per heavy atom. The van der Waals surface area contributed by atoms with Gasteiger partial charge in [-0.3, -0.25) is 4.99 Å². The fourth-order valence-corrected chi connectivity index (χ4v) is 3.49. The Labute approximate surface area is 159 Å². The van der Waals surface area contributed by atoms with E-state index in [0.717, 1.165) is 24.7 Å². The zero-order chi connectivity index (χ0) is 18.8. The highest BCUT2D eigenvalue weighted by atomic mass is 16.5. The van der Waals surface area contributed by atoms with Crippen LogP contribution in [0.5, 0.6) is 5.75 Å². The number of guanidine groups is 1. The van der Waals surface area contributed by atoms with Crippen molar-refractivity contribution in [2.75, 3.05) is 39.8 Å². The second kappa shape index (κ2) is 11.1. The first-order valence-electron chi connectivity index (χ1n) is 10.0. The maximum Gasteiger partial charge on any atom is 0.191 e. The highest BCUT2D eigenvalue weighted by Crippen LogP contribution is 2.22. The van der Waals surface area contributed by atoms with Crippen LogP contribution in [-0.2, 0) is 0 Å². The molecule has 5 nitrogen and oxygen atoms in total. The predicted molar refractivity (Wildman–Crippen MR) is 110 cm³/mol. The molecule has 1 heterocycles. The average Bonchev–Trinajstić information content (AvgIpc) is 2.64. The van der Waals surface area contributed by atoms with Crippen molar-refractivity contribution >= 4 is 5.96 Å². The van der Waals surface area contributed by atoms with E-state index in [4.69, 9.17) is 4.74 Å². The lowest BCUT2D eigenvalue weighted by atomic mass is 10.1. The molecular formula is C21H36N4O. The molecule has 1 saturated heterocycles. The van der Waals surface area contributed by atoms with Gasteiger partial charge in [0.1, 0.15) is 5.75 Å². The summed E-state index contributed by atoms with van der Waals surface area (Å²) in [6, 6.07) is 6.79. The van der Waals surface area contributed by atoms with E-state index in [0.29, 0.717) is 12.6 Å². The summed E-state index contributed by atoms with van der Waals surface area (Å²) < 4.78 is 5.96. The first-order chi connectivity index (χ1) is 12.6. The van der Waals surface area contributed by atoms with Crippen molar-refractivity contribution in [3.8, 4) is 5.75 Å². The molecule has 146 valence electrons. The highest BCUT2D eigenvalue weighted by molar-refractivity contribution is 5.79. The first-order valence-corrected chi connectivity index (χ1v) is 10.0.